The Bertz CT molecular complexity index is 922. The van der Waals surface area contributed by atoms with Crippen molar-refractivity contribution in [2.45, 2.75) is 9.10 Å². The average molecular weight is 360 g/mol. The first-order valence-corrected chi connectivity index (χ1v) is 9.19. The zero-order valence-electron chi connectivity index (χ0n) is 12.2. The van der Waals surface area contributed by atoms with Gasteiger partial charge in [0, 0.05) is 5.69 Å². The van der Waals surface area contributed by atoms with Gasteiger partial charge in [-0.05, 0) is 36.4 Å². The molecule has 0 spiro atoms. The standard InChI is InChI=1S/C16H12N2O4S2/c19-16(22-13-4-2-1-3-5-13)18-12-6-8-14(9-7-12)24(20,21)15-10-17-11-23-15/h1-11H,(H,18,19). The maximum absolute atomic E-state index is 12.3. The fourth-order valence-corrected chi connectivity index (χ4v) is 4.11. The number of aromatic nitrogens is 1. The van der Waals surface area contributed by atoms with Gasteiger partial charge >= 0.3 is 6.09 Å². The number of anilines is 1. The van der Waals surface area contributed by atoms with Crippen LogP contribution in [0.2, 0.25) is 0 Å². The Hall–Kier alpha value is -2.71. The van der Waals surface area contributed by atoms with Gasteiger partial charge in [-0.25, -0.2) is 13.2 Å². The van der Waals surface area contributed by atoms with Crippen LogP contribution in [0, 0.1) is 0 Å². The van der Waals surface area contributed by atoms with Crippen molar-refractivity contribution in [1.82, 2.24) is 4.98 Å². The van der Waals surface area contributed by atoms with Crippen LogP contribution in [-0.2, 0) is 9.84 Å². The highest BCUT2D eigenvalue weighted by Gasteiger charge is 2.19. The number of carbonyl (C=O) groups is 1. The number of para-hydroxylation sites is 1. The monoisotopic (exact) mass is 360 g/mol. The molecule has 0 bridgehead atoms. The third-order valence-corrected chi connectivity index (χ3v) is 6.08. The minimum absolute atomic E-state index is 0.133. The molecule has 3 rings (SSSR count). The van der Waals surface area contributed by atoms with E-state index in [2.05, 4.69) is 10.3 Å². The SMILES string of the molecule is O=C(Nc1ccc(S(=O)(=O)c2cncs2)cc1)Oc1ccccc1. The van der Waals surface area contributed by atoms with E-state index in [1.54, 1.807) is 24.3 Å². The third kappa shape index (κ3) is 3.61. The Kier molecular flexibility index (Phi) is 4.59. The van der Waals surface area contributed by atoms with Crippen molar-refractivity contribution in [3.63, 3.8) is 0 Å². The van der Waals surface area contributed by atoms with E-state index < -0.39 is 15.9 Å². The molecule has 1 amide bonds. The van der Waals surface area contributed by atoms with Crippen LogP contribution < -0.4 is 10.1 Å². The summed E-state index contributed by atoms with van der Waals surface area (Å²) in [5, 5.41) is 2.54. The van der Waals surface area contributed by atoms with Crippen LogP contribution >= 0.6 is 11.3 Å². The lowest BCUT2D eigenvalue weighted by atomic mass is 10.3. The molecule has 2 aromatic carbocycles. The molecule has 0 saturated carbocycles. The second-order valence-corrected chi connectivity index (χ2v) is 7.74. The van der Waals surface area contributed by atoms with E-state index >= 15 is 0 Å². The summed E-state index contributed by atoms with van der Waals surface area (Å²) in [5.41, 5.74) is 1.89. The number of nitrogens with one attached hydrogen (secondary N) is 1. The predicted octanol–water partition coefficient (Wildman–Crippen LogP) is 3.59. The van der Waals surface area contributed by atoms with Crippen LogP contribution in [0.3, 0.4) is 0 Å². The van der Waals surface area contributed by atoms with Crippen molar-refractivity contribution in [2.75, 3.05) is 5.32 Å². The normalized spacial score (nSPS) is 11.0. The van der Waals surface area contributed by atoms with Crippen LogP contribution in [0.25, 0.3) is 0 Å². The summed E-state index contributed by atoms with van der Waals surface area (Å²) >= 11 is 1.05. The second kappa shape index (κ2) is 6.81. The predicted molar refractivity (Wildman–Crippen MR) is 90.1 cm³/mol. The molecule has 0 unspecified atom stereocenters. The van der Waals surface area contributed by atoms with Crippen LogP contribution in [0.4, 0.5) is 10.5 Å². The van der Waals surface area contributed by atoms with E-state index in [0.717, 1.165) is 11.3 Å². The zero-order chi connectivity index (χ0) is 17.0. The molecule has 0 aliphatic heterocycles. The molecule has 1 aromatic heterocycles. The minimum atomic E-state index is -3.58. The fourth-order valence-electron chi connectivity index (χ4n) is 1.91. The maximum Gasteiger partial charge on any atom is 0.417 e. The average Bonchev–Trinajstić information content (AvgIpc) is 3.11. The van der Waals surface area contributed by atoms with E-state index in [0.29, 0.717) is 11.4 Å². The number of sulfone groups is 1. The van der Waals surface area contributed by atoms with Crippen LogP contribution in [-0.4, -0.2) is 19.5 Å². The Morgan fingerprint density at radius 1 is 1.04 bits per heavy atom. The highest BCUT2D eigenvalue weighted by molar-refractivity contribution is 7.93. The topological polar surface area (TPSA) is 85.4 Å². The number of ether oxygens (including phenoxy) is 1. The largest absolute Gasteiger partial charge is 0.417 e. The van der Waals surface area contributed by atoms with E-state index in [4.69, 9.17) is 4.74 Å². The number of hydrogen-bond donors (Lipinski definition) is 1. The highest BCUT2D eigenvalue weighted by Crippen LogP contribution is 2.24. The van der Waals surface area contributed by atoms with Gasteiger partial charge in [-0.15, -0.1) is 11.3 Å². The molecular formula is C16H12N2O4S2. The van der Waals surface area contributed by atoms with Crippen LogP contribution in [0.5, 0.6) is 5.75 Å². The molecular weight excluding hydrogens is 348 g/mol. The molecule has 8 heteroatoms. The van der Waals surface area contributed by atoms with Gasteiger partial charge in [0.1, 0.15) is 9.96 Å². The quantitative estimate of drug-likeness (QED) is 0.768. The molecule has 6 nitrogen and oxygen atoms in total. The first-order chi connectivity index (χ1) is 11.6. The summed E-state index contributed by atoms with van der Waals surface area (Å²) in [6.07, 6.45) is 0.655. The summed E-state index contributed by atoms with van der Waals surface area (Å²) in [5.74, 6) is 0.416. The van der Waals surface area contributed by atoms with Gasteiger partial charge in [0.2, 0.25) is 9.84 Å². The van der Waals surface area contributed by atoms with Gasteiger partial charge in [0.25, 0.3) is 0 Å². The Labute approximate surface area is 142 Å². The Morgan fingerprint density at radius 3 is 2.38 bits per heavy atom. The van der Waals surface area contributed by atoms with Crippen LogP contribution in [0.15, 0.2) is 75.4 Å². The Balaban J connectivity index is 1.70. The highest BCUT2D eigenvalue weighted by atomic mass is 32.2. The molecule has 0 aliphatic carbocycles. The van der Waals surface area contributed by atoms with Crippen molar-refractivity contribution >= 4 is 33.0 Å². The minimum Gasteiger partial charge on any atom is -0.410 e. The number of rotatable bonds is 4. The van der Waals surface area contributed by atoms with Gasteiger partial charge in [0.05, 0.1) is 16.6 Å². The van der Waals surface area contributed by atoms with E-state index in [9.17, 15) is 13.2 Å². The number of amides is 1. The van der Waals surface area contributed by atoms with E-state index in [1.165, 1.54) is 36.0 Å². The van der Waals surface area contributed by atoms with Gasteiger partial charge in [-0.1, -0.05) is 18.2 Å². The van der Waals surface area contributed by atoms with E-state index in [-0.39, 0.29) is 9.10 Å². The molecule has 3 aromatic rings. The zero-order valence-corrected chi connectivity index (χ0v) is 13.9. The molecule has 24 heavy (non-hydrogen) atoms. The van der Waals surface area contributed by atoms with Gasteiger partial charge in [-0.2, -0.15) is 0 Å². The van der Waals surface area contributed by atoms with Crippen molar-refractivity contribution in [1.29, 1.82) is 0 Å². The summed E-state index contributed by atoms with van der Waals surface area (Å²) < 4.78 is 29.9. The lowest BCUT2D eigenvalue weighted by molar-refractivity contribution is 0.215. The van der Waals surface area contributed by atoms with Crippen molar-refractivity contribution in [2.24, 2.45) is 0 Å². The molecule has 1 heterocycles. The molecule has 0 radical (unpaired) electrons. The lowest BCUT2D eigenvalue weighted by Gasteiger charge is -2.07. The Morgan fingerprint density at radius 2 is 1.75 bits per heavy atom. The van der Waals surface area contributed by atoms with Gasteiger partial charge in [0.15, 0.2) is 0 Å². The molecule has 0 atom stereocenters. The molecule has 0 saturated heterocycles. The first-order valence-electron chi connectivity index (χ1n) is 6.83. The second-order valence-electron chi connectivity index (χ2n) is 4.68. The number of thiazole rings is 1. The number of benzene rings is 2. The van der Waals surface area contributed by atoms with Crippen molar-refractivity contribution in [3.05, 3.63) is 66.3 Å². The fraction of sp³-hybridized carbons (Fsp3) is 0. The van der Waals surface area contributed by atoms with Gasteiger partial charge in [-0.3, -0.25) is 10.3 Å². The summed E-state index contributed by atoms with van der Waals surface area (Å²) in [6.45, 7) is 0. The molecule has 1 N–H and O–H groups in total. The third-order valence-electron chi connectivity index (χ3n) is 3.04. The van der Waals surface area contributed by atoms with Gasteiger partial charge < -0.3 is 4.74 Å². The van der Waals surface area contributed by atoms with E-state index in [1.807, 2.05) is 6.07 Å². The number of carbonyl (C=O) groups excluding carboxylic acids is 1. The summed E-state index contributed by atoms with van der Waals surface area (Å²) in [6, 6.07) is 14.5. The van der Waals surface area contributed by atoms with Crippen LogP contribution in [0.1, 0.15) is 0 Å². The number of nitrogens with zero attached hydrogens (tertiary/aromatic N) is 1. The summed E-state index contributed by atoms with van der Waals surface area (Å²) in [4.78, 5) is 15.7. The first kappa shape index (κ1) is 16.2. The maximum atomic E-state index is 12.3. The van der Waals surface area contributed by atoms with Crippen molar-refractivity contribution < 1.29 is 17.9 Å². The summed E-state index contributed by atoms with van der Waals surface area (Å²) in [7, 11) is -3.58. The molecule has 0 fully saturated rings. The molecule has 0 aliphatic rings. The number of hydrogen-bond acceptors (Lipinski definition) is 6. The van der Waals surface area contributed by atoms with Crippen molar-refractivity contribution in [3.8, 4) is 5.75 Å². The molecule has 122 valence electrons. The smallest absolute Gasteiger partial charge is 0.410 e. The lowest BCUT2D eigenvalue weighted by Crippen LogP contribution is -2.16.